The van der Waals surface area contributed by atoms with Gasteiger partial charge in [0.2, 0.25) is 0 Å². The third-order valence-electron chi connectivity index (χ3n) is 4.56. The van der Waals surface area contributed by atoms with Crippen molar-refractivity contribution in [3.63, 3.8) is 0 Å². The van der Waals surface area contributed by atoms with Gasteiger partial charge in [-0.1, -0.05) is 12.1 Å². The zero-order chi connectivity index (χ0) is 21.1. The molecule has 0 bridgehead atoms. The highest BCUT2D eigenvalue weighted by molar-refractivity contribution is 5.91. The highest BCUT2D eigenvalue weighted by Gasteiger charge is 2.19. The number of ether oxygens (including phenoxy) is 1. The molecule has 3 aromatic rings. The first-order chi connectivity index (χ1) is 13.8. The molecular weight excluding hydrogens is 370 g/mol. The van der Waals surface area contributed by atoms with Crippen LogP contribution < -0.4 is 21.4 Å². The zero-order valence-corrected chi connectivity index (χ0v) is 17.0. The standard InChI is InChI=1S/C20H25N7O2/c1-13-6-5-7-17(27(22)20(28)26(4)21)16(13)11-29-18-9-8-15(10-14(18)2)19-23-12-25(3)24-19/h5-10,12H,11,21-22H2,1-4H3. The van der Waals surface area contributed by atoms with Gasteiger partial charge >= 0.3 is 6.03 Å². The summed E-state index contributed by atoms with van der Waals surface area (Å²) in [5, 5.41) is 6.27. The highest BCUT2D eigenvalue weighted by atomic mass is 16.5. The summed E-state index contributed by atoms with van der Waals surface area (Å²) in [4.78, 5) is 16.4. The van der Waals surface area contributed by atoms with Crippen LogP contribution in [0.3, 0.4) is 0 Å². The second-order valence-corrected chi connectivity index (χ2v) is 6.85. The minimum absolute atomic E-state index is 0.249. The number of carbonyl (C=O) groups is 1. The summed E-state index contributed by atoms with van der Waals surface area (Å²) >= 11 is 0. The van der Waals surface area contributed by atoms with Crippen molar-refractivity contribution in [3.05, 3.63) is 59.4 Å². The Kier molecular flexibility index (Phi) is 5.81. The van der Waals surface area contributed by atoms with Crippen LogP contribution in [0.25, 0.3) is 11.4 Å². The van der Waals surface area contributed by atoms with E-state index in [2.05, 4.69) is 10.1 Å². The molecule has 0 saturated heterocycles. The van der Waals surface area contributed by atoms with Gasteiger partial charge in [-0.15, -0.1) is 0 Å². The summed E-state index contributed by atoms with van der Waals surface area (Å²) in [7, 11) is 3.27. The fraction of sp³-hybridized carbons (Fsp3) is 0.250. The Labute approximate surface area is 169 Å². The monoisotopic (exact) mass is 395 g/mol. The van der Waals surface area contributed by atoms with Gasteiger partial charge in [0.25, 0.3) is 0 Å². The third kappa shape index (κ3) is 4.36. The molecule has 0 spiro atoms. The molecule has 0 atom stereocenters. The largest absolute Gasteiger partial charge is 0.489 e. The van der Waals surface area contributed by atoms with Crippen molar-refractivity contribution >= 4 is 11.7 Å². The van der Waals surface area contributed by atoms with Crippen LogP contribution in [0.1, 0.15) is 16.7 Å². The minimum atomic E-state index is -0.528. The number of anilines is 1. The predicted molar refractivity (Wildman–Crippen MR) is 111 cm³/mol. The van der Waals surface area contributed by atoms with Crippen LogP contribution in [0.2, 0.25) is 0 Å². The molecule has 2 aromatic carbocycles. The maximum Gasteiger partial charge on any atom is 0.352 e. The SMILES string of the molecule is Cc1cc(-c2ncn(C)n2)ccc1OCc1c(C)cccc1N(N)C(=O)N(C)N. The fourth-order valence-corrected chi connectivity index (χ4v) is 2.95. The third-order valence-corrected chi connectivity index (χ3v) is 4.56. The molecular formula is C20H25N7O2. The number of aryl methyl sites for hydroxylation is 3. The van der Waals surface area contributed by atoms with E-state index in [1.165, 1.54) is 7.05 Å². The number of rotatable bonds is 5. The molecule has 2 amide bonds. The summed E-state index contributed by atoms with van der Waals surface area (Å²) < 4.78 is 7.71. The Morgan fingerprint density at radius 2 is 1.93 bits per heavy atom. The summed E-state index contributed by atoms with van der Waals surface area (Å²) in [5.74, 6) is 12.9. The molecule has 0 radical (unpaired) electrons. The number of aromatic nitrogens is 3. The maximum absolute atomic E-state index is 12.2. The summed E-state index contributed by atoms with van der Waals surface area (Å²) in [5.41, 5.74) is 4.17. The predicted octanol–water partition coefficient (Wildman–Crippen LogP) is 2.28. The second kappa shape index (κ2) is 8.29. The average molecular weight is 395 g/mol. The van der Waals surface area contributed by atoms with Crippen LogP contribution in [-0.4, -0.2) is 32.9 Å². The molecule has 3 rings (SSSR count). The van der Waals surface area contributed by atoms with Crippen molar-refractivity contribution in [2.75, 3.05) is 12.1 Å². The lowest BCUT2D eigenvalue weighted by molar-refractivity contribution is 0.216. The van der Waals surface area contributed by atoms with E-state index in [1.54, 1.807) is 17.1 Å². The number of hydrogen-bond acceptors (Lipinski definition) is 6. The summed E-state index contributed by atoms with van der Waals surface area (Å²) in [6.45, 7) is 4.15. The van der Waals surface area contributed by atoms with Gasteiger partial charge in [0.1, 0.15) is 18.7 Å². The van der Waals surface area contributed by atoms with Crippen molar-refractivity contribution in [2.24, 2.45) is 18.7 Å². The average Bonchev–Trinajstić information content (AvgIpc) is 3.12. The van der Waals surface area contributed by atoms with Crippen LogP contribution in [0.5, 0.6) is 5.75 Å². The van der Waals surface area contributed by atoms with Gasteiger partial charge in [0, 0.05) is 25.2 Å². The van der Waals surface area contributed by atoms with E-state index in [4.69, 9.17) is 16.4 Å². The molecule has 0 aliphatic rings. The molecule has 29 heavy (non-hydrogen) atoms. The van der Waals surface area contributed by atoms with Crippen molar-refractivity contribution < 1.29 is 9.53 Å². The number of urea groups is 1. The van der Waals surface area contributed by atoms with Crippen LogP contribution >= 0.6 is 0 Å². The molecule has 0 saturated carbocycles. The Bertz CT molecular complexity index is 1030. The fourth-order valence-electron chi connectivity index (χ4n) is 2.95. The summed E-state index contributed by atoms with van der Waals surface area (Å²) in [6, 6.07) is 10.8. The van der Waals surface area contributed by atoms with Crippen molar-refractivity contribution in [1.29, 1.82) is 0 Å². The number of benzene rings is 2. The number of carbonyl (C=O) groups excluding carboxylic acids is 1. The van der Waals surface area contributed by atoms with Crippen LogP contribution in [0, 0.1) is 13.8 Å². The molecule has 1 aromatic heterocycles. The van der Waals surface area contributed by atoms with E-state index >= 15 is 0 Å². The maximum atomic E-state index is 12.2. The molecule has 4 N–H and O–H groups in total. The Morgan fingerprint density at radius 1 is 1.17 bits per heavy atom. The van der Waals surface area contributed by atoms with Crippen LogP contribution in [0.15, 0.2) is 42.7 Å². The Balaban J connectivity index is 1.82. The molecule has 0 aliphatic carbocycles. The Morgan fingerprint density at radius 3 is 2.55 bits per heavy atom. The lowest BCUT2D eigenvalue weighted by atomic mass is 10.1. The number of nitrogens with two attached hydrogens (primary N) is 2. The molecule has 9 heteroatoms. The van der Waals surface area contributed by atoms with Crippen molar-refractivity contribution in [1.82, 2.24) is 19.8 Å². The first-order valence-corrected chi connectivity index (χ1v) is 9.03. The lowest BCUT2D eigenvalue weighted by Crippen LogP contribution is -2.49. The molecule has 152 valence electrons. The lowest BCUT2D eigenvalue weighted by Gasteiger charge is -2.24. The smallest absolute Gasteiger partial charge is 0.352 e. The first-order valence-electron chi connectivity index (χ1n) is 9.03. The van der Waals surface area contributed by atoms with E-state index in [0.29, 0.717) is 11.5 Å². The van der Waals surface area contributed by atoms with Gasteiger partial charge in [-0.25, -0.2) is 26.5 Å². The highest BCUT2D eigenvalue weighted by Crippen LogP contribution is 2.28. The Hall–Kier alpha value is -3.43. The van der Waals surface area contributed by atoms with Gasteiger partial charge in [0.15, 0.2) is 5.82 Å². The quantitative estimate of drug-likeness (QED) is 0.389. The van der Waals surface area contributed by atoms with Crippen molar-refractivity contribution in [2.45, 2.75) is 20.5 Å². The van der Waals surface area contributed by atoms with Gasteiger partial charge in [-0.2, -0.15) is 5.10 Å². The molecule has 9 nitrogen and oxygen atoms in total. The van der Waals surface area contributed by atoms with E-state index in [0.717, 1.165) is 38.0 Å². The van der Waals surface area contributed by atoms with Gasteiger partial charge in [0.05, 0.1) is 5.69 Å². The number of amides is 2. The van der Waals surface area contributed by atoms with Gasteiger partial charge in [-0.3, -0.25) is 9.69 Å². The second-order valence-electron chi connectivity index (χ2n) is 6.85. The van der Waals surface area contributed by atoms with Gasteiger partial charge < -0.3 is 4.74 Å². The summed E-state index contributed by atoms with van der Waals surface area (Å²) in [6.07, 6.45) is 1.66. The van der Waals surface area contributed by atoms with E-state index in [-0.39, 0.29) is 6.61 Å². The normalized spacial score (nSPS) is 10.7. The van der Waals surface area contributed by atoms with E-state index in [1.807, 2.05) is 51.2 Å². The molecule has 0 unspecified atom stereocenters. The molecule has 1 heterocycles. The van der Waals surface area contributed by atoms with Crippen LogP contribution in [-0.2, 0) is 13.7 Å². The number of hydrazine groups is 2. The number of hydrogen-bond donors (Lipinski definition) is 2. The topological polar surface area (TPSA) is 116 Å². The molecule has 0 aliphatic heterocycles. The molecule has 0 fully saturated rings. The van der Waals surface area contributed by atoms with Crippen LogP contribution in [0.4, 0.5) is 10.5 Å². The van der Waals surface area contributed by atoms with E-state index in [9.17, 15) is 4.79 Å². The number of nitrogens with zero attached hydrogens (tertiary/aromatic N) is 5. The van der Waals surface area contributed by atoms with Crippen molar-refractivity contribution in [3.8, 4) is 17.1 Å². The van der Waals surface area contributed by atoms with Gasteiger partial charge in [-0.05, 0) is 49.2 Å². The first kappa shape index (κ1) is 20.3. The van der Waals surface area contributed by atoms with E-state index < -0.39 is 6.03 Å². The minimum Gasteiger partial charge on any atom is -0.489 e. The zero-order valence-electron chi connectivity index (χ0n) is 17.0.